The second-order valence-electron chi connectivity index (χ2n) is 2.99. The van der Waals surface area contributed by atoms with Crippen molar-refractivity contribution in [3.8, 4) is 0 Å². The average molecular weight is 183 g/mol. The molecule has 0 saturated heterocycles. The summed E-state index contributed by atoms with van der Waals surface area (Å²) in [5.41, 5.74) is 5.67. The van der Waals surface area contributed by atoms with E-state index in [0.29, 0.717) is 0 Å². The maximum absolute atomic E-state index is 5.99. The molecule has 1 heterocycles. The van der Waals surface area contributed by atoms with E-state index in [1.165, 1.54) is 11.3 Å². The van der Waals surface area contributed by atoms with Gasteiger partial charge in [0.25, 0.3) is 0 Å². The molecular formula is C9H11ClN2. The highest BCUT2D eigenvalue weighted by Gasteiger charge is 2.18. The van der Waals surface area contributed by atoms with Gasteiger partial charge in [-0.15, -0.1) is 11.6 Å². The van der Waals surface area contributed by atoms with Crippen molar-refractivity contribution in [1.82, 2.24) is 5.43 Å². The number of nitrogens with zero attached hydrogens (tertiary/aromatic N) is 1. The molecule has 2 nitrogen and oxygen atoms in total. The van der Waals surface area contributed by atoms with Gasteiger partial charge in [-0.05, 0) is 11.6 Å². The Bertz CT molecular complexity index is 288. The molecule has 1 aromatic carbocycles. The molecule has 1 atom stereocenters. The first-order valence-corrected chi connectivity index (χ1v) is 4.43. The molecule has 1 unspecified atom stereocenters. The van der Waals surface area contributed by atoms with Crippen molar-refractivity contribution in [2.75, 3.05) is 12.1 Å². The predicted molar refractivity (Wildman–Crippen MR) is 51.3 cm³/mol. The highest BCUT2D eigenvalue weighted by Crippen LogP contribution is 2.24. The normalized spacial score (nSPS) is 22.2. The third-order valence-electron chi connectivity index (χ3n) is 2.09. The number of benzene rings is 1. The summed E-state index contributed by atoms with van der Waals surface area (Å²) in [7, 11) is 1.98. The molecule has 0 fully saturated rings. The quantitative estimate of drug-likeness (QED) is 0.486. The summed E-state index contributed by atoms with van der Waals surface area (Å²) in [5, 5.41) is 1.97. The van der Waals surface area contributed by atoms with E-state index in [1.807, 2.05) is 24.2 Å². The molecule has 1 aliphatic rings. The molecule has 64 valence electrons. The number of fused-ring (bicyclic) bond motifs is 1. The van der Waals surface area contributed by atoms with Gasteiger partial charge in [-0.2, -0.15) is 0 Å². The van der Waals surface area contributed by atoms with Crippen LogP contribution in [0.25, 0.3) is 0 Å². The number of anilines is 1. The van der Waals surface area contributed by atoms with Crippen LogP contribution in [-0.2, 0) is 6.42 Å². The van der Waals surface area contributed by atoms with Gasteiger partial charge < -0.3 is 5.01 Å². The topological polar surface area (TPSA) is 15.3 Å². The van der Waals surface area contributed by atoms with Gasteiger partial charge >= 0.3 is 0 Å². The summed E-state index contributed by atoms with van der Waals surface area (Å²) in [6.45, 7) is 0. The van der Waals surface area contributed by atoms with Crippen LogP contribution in [0.2, 0.25) is 0 Å². The van der Waals surface area contributed by atoms with Gasteiger partial charge in [-0.3, -0.25) is 0 Å². The van der Waals surface area contributed by atoms with Crippen molar-refractivity contribution in [3.63, 3.8) is 0 Å². The molecule has 0 radical (unpaired) electrons. The van der Waals surface area contributed by atoms with E-state index < -0.39 is 0 Å². The SMILES string of the molecule is CN1NC(Cl)Cc2ccccc21. The van der Waals surface area contributed by atoms with Crippen LogP contribution in [0.1, 0.15) is 5.56 Å². The number of rotatable bonds is 0. The molecule has 3 heteroatoms. The third kappa shape index (κ3) is 1.28. The lowest BCUT2D eigenvalue weighted by Crippen LogP contribution is -2.44. The van der Waals surface area contributed by atoms with Crippen molar-refractivity contribution in [2.45, 2.75) is 11.9 Å². The highest BCUT2D eigenvalue weighted by atomic mass is 35.5. The van der Waals surface area contributed by atoms with E-state index in [1.54, 1.807) is 0 Å². The minimum Gasteiger partial charge on any atom is -0.310 e. The van der Waals surface area contributed by atoms with Crippen LogP contribution >= 0.6 is 11.6 Å². The zero-order chi connectivity index (χ0) is 8.55. The fourth-order valence-corrected chi connectivity index (χ4v) is 1.84. The van der Waals surface area contributed by atoms with Crippen molar-refractivity contribution in [2.24, 2.45) is 0 Å². The zero-order valence-corrected chi connectivity index (χ0v) is 7.67. The molecule has 0 aliphatic carbocycles. The molecule has 2 rings (SSSR count). The standard InChI is InChI=1S/C9H11ClN2/c1-12-8-5-3-2-4-7(8)6-9(10)11-12/h2-5,9,11H,6H2,1H3. The van der Waals surface area contributed by atoms with Gasteiger partial charge in [0.15, 0.2) is 0 Å². The number of alkyl halides is 1. The Morgan fingerprint density at radius 3 is 3.08 bits per heavy atom. The second-order valence-corrected chi connectivity index (χ2v) is 3.52. The molecule has 12 heavy (non-hydrogen) atoms. The van der Waals surface area contributed by atoms with E-state index >= 15 is 0 Å². The lowest BCUT2D eigenvalue weighted by atomic mass is 10.1. The van der Waals surface area contributed by atoms with E-state index in [4.69, 9.17) is 11.6 Å². The fourth-order valence-electron chi connectivity index (χ4n) is 1.53. The number of hydrogen-bond donors (Lipinski definition) is 1. The van der Waals surface area contributed by atoms with E-state index in [-0.39, 0.29) is 5.50 Å². The summed E-state index contributed by atoms with van der Waals surface area (Å²) in [6, 6.07) is 8.28. The first-order valence-electron chi connectivity index (χ1n) is 3.99. The van der Waals surface area contributed by atoms with Crippen molar-refractivity contribution < 1.29 is 0 Å². The van der Waals surface area contributed by atoms with Crippen LogP contribution in [0.5, 0.6) is 0 Å². The van der Waals surface area contributed by atoms with Crippen LogP contribution in [0, 0.1) is 0 Å². The maximum atomic E-state index is 5.99. The highest BCUT2D eigenvalue weighted by molar-refractivity contribution is 6.20. The minimum absolute atomic E-state index is 0.0184. The van der Waals surface area contributed by atoms with E-state index in [9.17, 15) is 0 Å². The van der Waals surface area contributed by atoms with Crippen molar-refractivity contribution >= 4 is 17.3 Å². The smallest absolute Gasteiger partial charge is 0.104 e. The summed E-state index contributed by atoms with van der Waals surface area (Å²) >= 11 is 5.99. The number of halogens is 1. The number of hydrazine groups is 1. The largest absolute Gasteiger partial charge is 0.310 e. The van der Waals surface area contributed by atoms with Crippen molar-refractivity contribution in [3.05, 3.63) is 29.8 Å². The van der Waals surface area contributed by atoms with Gasteiger partial charge in [-0.1, -0.05) is 18.2 Å². The first kappa shape index (κ1) is 7.90. The Labute approximate surface area is 77.1 Å². The van der Waals surface area contributed by atoms with Crippen LogP contribution in [0.3, 0.4) is 0 Å². The Hall–Kier alpha value is -0.730. The molecule has 0 bridgehead atoms. The lowest BCUT2D eigenvalue weighted by molar-refractivity contribution is 0.596. The summed E-state index contributed by atoms with van der Waals surface area (Å²) in [4.78, 5) is 0. The van der Waals surface area contributed by atoms with Gasteiger partial charge in [0, 0.05) is 13.5 Å². The Morgan fingerprint density at radius 2 is 2.25 bits per heavy atom. The summed E-state index contributed by atoms with van der Waals surface area (Å²) < 4.78 is 0. The molecule has 0 saturated carbocycles. The summed E-state index contributed by atoms with van der Waals surface area (Å²) in [6.07, 6.45) is 0.891. The van der Waals surface area contributed by atoms with Gasteiger partial charge in [0.1, 0.15) is 5.50 Å². The fraction of sp³-hybridized carbons (Fsp3) is 0.333. The molecule has 1 aliphatic heterocycles. The second kappa shape index (κ2) is 2.96. The van der Waals surface area contributed by atoms with E-state index in [2.05, 4.69) is 17.6 Å². The molecule has 1 aromatic rings. The first-order chi connectivity index (χ1) is 5.77. The molecular weight excluding hydrogens is 172 g/mol. The zero-order valence-electron chi connectivity index (χ0n) is 6.92. The van der Waals surface area contributed by atoms with Crippen LogP contribution in [0.4, 0.5) is 5.69 Å². The number of hydrogen-bond acceptors (Lipinski definition) is 2. The number of para-hydroxylation sites is 1. The van der Waals surface area contributed by atoms with Gasteiger partial charge in [-0.25, -0.2) is 5.43 Å². The van der Waals surface area contributed by atoms with E-state index in [0.717, 1.165) is 6.42 Å². The van der Waals surface area contributed by atoms with Crippen molar-refractivity contribution in [1.29, 1.82) is 0 Å². The minimum atomic E-state index is 0.0184. The Morgan fingerprint density at radius 1 is 1.50 bits per heavy atom. The van der Waals surface area contributed by atoms with Gasteiger partial charge in [0.05, 0.1) is 5.69 Å². The Balaban J connectivity index is 2.40. The molecule has 0 amide bonds. The maximum Gasteiger partial charge on any atom is 0.104 e. The molecule has 0 aromatic heterocycles. The Kier molecular flexibility index (Phi) is 1.95. The lowest BCUT2D eigenvalue weighted by Gasteiger charge is -2.31. The number of nitrogens with one attached hydrogen (secondary N) is 1. The predicted octanol–water partition coefficient (Wildman–Crippen LogP) is 1.75. The van der Waals surface area contributed by atoms with Crippen LogP contribution in [0.15, 0.2) is 24.3 Å². The molecule has 0 spiro atoms. The molecule has 1 N–H and O–H groups in total. The van der Waals surface area contributed by atoms with Crippen LogP contribution in [-0.4, -0.2) is 12.5 Å². The third-order valence-corrected chi connectivity index (χ3v) is 2.34. The van der Waals surface area contributed by atoms with Crippen LogP contribution < -0.4 is 10.4 Å². The average Bonchev–Trinajstić information content (AvgIpc) is 2.04. The monoisotopic (exact) mass is 182 g/mol. The van der Waals surface area contributed by atoms with Gasteiger partial charge in [0.2, 0.25) is 0 Å². The summed E-state index contributed by atoms with van der Waals surface area (Å²) in [5.74, 6) is 0.